The Morgan fingerprint density at radius 2 is 1.93 bits per heavy atom. The molecule has 0 atom stereocenters. The molecule has 0 unspecified atom stereocenters. The predicted octanol–water partition coefficient (Wildman–Crippen LogP) is 4.57. The lowest BCUT2D eigenvalue weighted by molar-refractivity contribution is 0.0951. The van der Waals surface area contributed by atoms with Crippen molar-refractivity contribution in [1.82, 2.24) is 15.1 Å². The van der Waals surface area contributed by atoms with Gasteiger partial charge in [-0.2, -0.15) is 5.10 Å². The van der Waals surface area contributed by atoms with E-state index in [-0.39, 0.29) is 5.91 Å². The fraction of sp³-hybridized carbons (Fsp3) is 0.238. The second kappa shape index (κ2) is 8.77. The Bertz CT molecular complexity index is 918. The number of nitrogens with one attached hydrogen (secondary N) is 2. The summed E-state index contributed by atoms with van der Waals surface area (Å²) >= 11 is 1.54. The maximum atomic E-state index is 12.5. The number of anilines is 1. The molecule has 0 saturated heterocycles. The minimum absolute atomic E-state index is 0.0948. The fourth-order valence-electron chi connectivity index (χ4n) is 2.55. The number of rotatable bonds is 7. The monoisotopic (exact) mass is 380 g/mol. The van der Waals surface area contributed by atoms with Crippen molar-refractivity contribution in [2.45, 2.75) is 38.8 Å². The lowest BCUT2D eigenvalue weighted by atomic mass is 10.1. The van der Waals surface area contributed by atoms with Crippen molar-refractivity contribution in [2.24, 2.45) is 0 Å². The highest BCUT2D eigenvalue weighted by molar-refractivity contribution is 8.00. The molecule has 6 heteroatoms. The van der Waals surface area contributed by atoms with Gasteiger partial charge in [-0.3, -0.25) is 9.48 Å². The van der Waals surface area contributed by atoms with Crippen LogP contribution in [0.4, 0.5) is 5.69 Å². The first-order valence-corrected chi connectivity index (χ1v) is 9.76. The van der Waals surface area contributed by atoms with Crippen LogP contribution < -0.4 is 10.0 Å². The molecule has 27 heavy (non-hydrogen) atoms. The molecule has 1 heterocycles. The van der Waals surface area contributed by atoms with Gasteiger partial charge in [-0.25, -0.2) is 0 Å². The summed E-state index contributed by atoms with van der Waals surface area (Å²) in [7, 11) is 0. The second-order valence-corrected chi connectivity index (χ2v) is 7.31. The van der Waals surface area contributed by atoms with Crippen molar-refractivity contribution in [2.75, 3.05) is 4.72 Å². The minimum Gasteiger partial charge on any atom is -0.348 e. The van der Waals surface area contributed by atoms with Gasteiger partial charge in [0.25, 0.3) is 5.91 Å². The number of aromatic nitrogens is 2. The van der Waals surface area contributed by atoms with E-state index in [0.29, 0.717) is 12.1 Å². The number of aryl methyl sites for hydroxylation is 3. The van der Waals surface area contributed by atoms with E-state index in [1.54, 1.807) is 6.20 Å². The van der Waals surface area contributed by atoms with Crippen LogP contribution in [0.5, 0.6) is 0 Å². The van der Waals surface area contributed by atoms with E-state index in [9.17, 15) is 4.79 Å². The molecule has 0 saturated carbocycles. The molecule has 3 rings (SSSR count). The molecule has 1 amide bonds. The predicted molar refractivity (Wildman–Crippen MR) is 111 cm³/mol. The first kappa shape index (κ1) is 19.0. The molecular weight excluding hydrogens is 356 g/mol. The lowest BCUT2D eigenvalue weighted by Gasteiger charge is -2.11. The molecule has 2 N–H and O–H groups in total. The topological polar surface area (TPSA) is 59.0 Å². The van der Waals surface area contributed by atoms with Gasteiger partial charge in [-0.15, -0.1) is 0 Å². The number of nitrogens with zero attached hydrogens (tertiary/aromatic N) is 2. The van der Waals surface area contributed by atoms with Crippen molar-refractivity contribution in [3.8, 4) is 0 Å². The molecule has 140 valence electrons. The average molecular weight is 381 g/mol. The van der Waals surface area contributed by atoms with Crippen LogP contribution in [0.2, 0.25) is 0 Å². The van der Waals surface area contributed by atoms with Crippen LogP contribution in [0.25, 0.3) is 0 Å². The van der Waals surface area contributed by atoms with Gasteiger partial charge in [0.1, 0.15) is 0 Å². The van der Waals surface area contributed by atoms with Gasteiger partial charge in [-0.1, -0.05) is 23.8 Å². The van der Waals surface area contributed by atoms with Gasteiger partial charge in [0.2, 0.25) is 0 Å². The molecule has 1 aromatic heterocycles. The SMILES string of the molecule is CCn1cc(CNC(=O)c2ccc(C)c(NSc3ccc(C)cc3)c2)cn1. The minimum atomic E-state index is -0.0948. The Kier molecular flexibility index (Phi) is 6.19. The number of carbonyl (C=O) groups excluding carboxylic acids is 1. The van der Waals surface area contributed by atoms with Crippen LogP contribution in [0.15, 0.2) is 59.8 Å². The van der Waals surface area contributed by atoms with Crippen molar-refractivity contribution in [3.05, 3.63) is 77.1 Å². The Balaban J connectivity index is 1.62. The summed E-state index contributed by atoms with van der Waals surface area (Å²) in [6.45, 7) is 7.41. The van der Waals surface area contributed by atoms with E-state index in [4.69, 9.17) is 0 Å². The van der Waals surface area contributed by atoms with Crippen LogP contribution >= 0.6 is 11.9 Å². The van der Waals surface area contributed by atoms with Crippen LogP contribution in [0.1, 0.15) is 34.0 Å². The van der Waals surface area contributed by atoms with E-state index in [1.807, 2.05) is 42.9 Å². The molecule has 5 nitrogen and oxygen atoms in total. The summed E-state index contributed by atoms with van der Waals surface area (Å²) in [4.78, 5) is 13.6. The summed E-state index contributed by atoms with van der Waals surface area (Å²) < 4.78 is 5.20. The maximum Gasteiger partial charge on any atom is 0.251 e. The molecule has 0 spiro atoms. The van der Waals surface area contributed by atoms with Crippen molar-refractivity contribution >= 4 is 23.5 Å². The largest absolute Gasteiger partial charge is 0.348 e. The van der Waals surface area contributed by atoms with Crippen molar-refractivity contribution in [1.29, 1.82) is 0 Å². The molecule has 0 aliphatic carbocycles. The summed E-state index contributed by atoms with van der Waals surface area (Å²) in [5.41, 5.74) is 4.89. The second-order valence-electron chi connectivity index (χ2n) is 6.43. The highest BCUT2D eigenvalue weighted by atomic mass is 32.2. The Morgan fingerprint density at radius 1 is 1.15 bits per heavy atom. The fourth-order valence-corrected chi connectivity index (χ4v) is 3.27. The standard InChI is InChI=1S/C21H24N4OS/c1-4-25-14-17(13-23-25)12-22-21(26)18-8-7-16(3)20(11-18)24-27-19-9-5-15(2)6-10-19/h5-11,13-14,24H,4,12H2,1-3H3,(H,22,26). The molecule has 0 fully saturated rings. The Labute approximate surface area is 164 Å². The molecule has 2 aromatic carbocycles. The van der Waals surface area contributed by atoms with E-state index in [2.05, 4.69) is 46.3 Å². The van der Waals surface area contributed by atoms with Gasteiger partial charge in [0.05, 0.1) is 6.20 Å². The third-order valence-corrected chi connectivity index (χ3v) is 5.09. The molecular formula is C21H24N4OS. The summed E-state index contributed by atoms with van der Waals surface area (Å²) in [6.07, 6.45) is 3.73. The zero-order chi connectivity index (χ0) is 19.2. The van der Waals surface area contributed by atoms with Crippen molar-refractivity contribution < 1.29 is 4.79 Å². The number of benzene rings is 2. The number of hydrogen-bond donors (Lipinski definition) is 2. The van der Waals surface area contributed by atoms with E-state index in [1.165, 1.54) is 17.5 Å². The van der Waals surface area contributed by atoms with Gasteiger partial charge in [-0.05, 0) is 62.5 Å². The third kappa shape index (κ3) is 5.14. The quantitative estimate of drug-likeness (QED) is 0.590. The normalized spacial score (nSPS) is 10.6. The van der Waals surface area contributed by atoms with Gasteiger partial charge < -0.3 is 10.0 Å². The molecule has 0 aliphatic rings. The highest BCUT2D eigenvalue weighted by Gasteiger charge is 2.09. The molecule has 0 radical (unpaired) electrons. The van der Waals surface area contributed by atoms with Crippen LogP contribution in [0, 0.1) is 13.8 Å². The van der Waals surface area contributed by atoms with Crippen LogP contribution in [-0.4, -0.2) is 15.7 Å². The van der Waals surface area contributed by atoms with E-state index in [0.717, 1.165) is 28.3 Å². The first-order valence-electron chi connectivity index (χ1n) is 8.95. The highest BCUT2D eigenvalue weighted by Crippen LogP contribution is 2.25. The maximum absolute atomic E-state index is 12.5. The van der Waals surface area contributed by atoms with E-state index >= 15 is 0 Å². The zero-order valence-corrected chi connectivity index (χ0v) is 16.6. The summed E-state index contributed by atoms with van der Waals surface area (Å²) in [5, 5.41) is 7.17. The average Bonchev–Trinajstić information content (AvgIpc) is 3.15. The zero-order valence-electron chi connectivity index (χ0n) is 15.8. The first-order chi connectivity index (χ1) is 13.0. The van der Waals surface area contributed by atoms with Gasteiger partial charge >= 0.3 is 0 Å². The number of hydrogen-bond acceptors (Lipinski definition) is 4. The summed E-state index contributed by atoms with van der Waals surface area (Å²) in [5.74, 6) is -0.0948. The van der Waals surface area contributed by atoms with E-state index < -0.39 is 0 Å². The molecule has 3 aromatic rings. The number of carbonyl (C=O) groups is 1. The molecule has 0 aliphatic heterocycles. The Morgan fingerprint density at radius 3 is 2.63 bits per heavy atom. The van der Waals surface area contributed by atoms with Gasteiger partial charge in [0, 0.05) is 41.0 Å². The smallest absolute Gasteiger partial charge is 0.251 e. The Hall–Kier alpha value is -2.73. The van der Waals surface area contributed by atoms with Gasteiger partial charge in [0.15, 0.2) is 0 Å². The summed E-state index contributed by atoms with van der Waals surface area (Å²) in [6, 6.07) is 14.0. The van der Waals surface area contributed by atoms with Crippen molar-refractivity contribution in [3.63, 3.8) is 0 Å². The lowest BCUT2D eigenvalue weighted by Crippen LogP contribution is -2.22. The van der Waals surface area contributed by atoms with Crippen LogP contribution in [-0.2, 0) is 13.1 Å². The van der Waals surface area contributed by atoms with Crippen LogP contribution in [0.3, 0.4) is 0 Å². The third-order valence-electron chi connectivity index (χ3n) is 4.26. The molecule has 0 bridgehead atoms. The number of amides is 1.